The fraction of sp³-hybridized carbons (Fsp3) is 0.267. The van der Waals surface area contributed by atoms with Gasteiger partial charge in [0.2, 0.25) is 5.91 Å². The summed E-state index contributed by atoms with van der Waals surface area (Å²) >= 11 is 0. The van der Waals surface area contributed by atoms with Crippen LogP contribution in [-0.2, 0) is 11.2 Å². The number of carbonyl (C=O) groups is 1. The minimum Gasteiger partial charge on any atom is -0.359 e. The summed E-state index contributed by atoms with van der Waals surface area (Å²) in [6.45, 7) is 3.98. The van der Waals surface area contributed by atoms with E-state index in [2.05, 4.69) is 20.7 Å². The Kier molecular flexibility index (Phi) is 3.43. The third-order valence-electron chi connectivity index (χ3n) is 3.27. The summed E-state index contributed by atoms with van der Waals surface area (Å²) in [4.78, 5) is 12.1. The van der Waals surface area contributed by atoms with E-state index in [0.717, 1.165) is 16.5 Å². The highest BCUT2D eigenvalue weighted by molar-refractivity contribution is 5.93. The number of aromatic amines is 1. The van der Waals surface area contributed by atoms with Crippen molar-refractivity contribution in [3.05, 3.63) is 41.9 Å². The van der Waals surface area contributed by atoms with Crippen LogP contribution in [0.25, 0.3) is 10.9 Å². The first-order valence-corrected chi connectivity index (χ1v) is 6.80. The van der Waals surface area contributed by atoms with Crippen LogP contribution in [0, 0.1) is 0 Å². The maximum Gasteiger partial charge on any atom is 0.228 e. The van der Waals surface area contributed by atoms with Gasteiger partial charge in [0.25, 0.3) is 0 Å². The summed E-state index contributed by atoms with van der Waals surface area (Å²) in [6, 6.07) is 5.80. The predicted molar refractivity (Wildman–Crippen MR) is 79.0 cm³/mol. The predicted octanol–water partition coefficient (Wildman–Crippen LogP) is 2.86. The van der Waals surface area contributed by atoms with Gasteiger partial charge in [-0.05, 0) is 11.6 Å². The molecule has 0 fully saturated rings. The van der Waals surface area contributed by atoms with Crippen LogP contribution in [0.3, 0.4) is 0 Å². The molecule has 0 bridgehead atoms. The van der Waals surface area contributed by atoms with Gasteiger partial charge in [0.05, 0.1) is 24.3 Å². The number of amides is 1. The molecule has 6 nitrogen and oxygen atoms in total. The van der Waals surface area contributed by atoms with Crippen molar-refractivity contribution in [1.82, 2.24) is 15.4 Å². The molecule has 6 heteroatoms. The van der Waals surface area contributed by atoms with Crippen molar-refractivity contribution >= 4 is 22.5 Å². The Labute approximate surface area is 121 Å². The molecule has 0 unspecified atom stereocenters. The van der Waals surface area contributed by atoms with Gasteiger partial charge in [-0.1, -0.05) is 31.1 Å². The number of hydrogen-bond donors (Lipinski definition) is 2. The summed E-state index contributed by atoms with van der Waals surface area (Å²) < 4.78 is 5.15. The number of benzene rings is 1. The monoisotopic (exact) mass is 284 g/mol. The lowest BCUT2D eigenvalue weighted by Crippen LogP contribution is -2.15. The third-order valence-corrected chi connectivity index (χ3v) is 3.27. The van der Waals surface area contributed by atoms with E-state index in [-0.39, 0.29) is 18.2 Å². The van der Waals surface area contributed by atoms with Crippen molar-refractivity contribution in [2.24, 2.45) is 0 Å². The van der Waals surface area contributed by atoms with Crippen molar-refractivity contribution in [1.29, 1.82) is 0 Å². The number of nitrogens with zero attached hydrogens (tertiary/aromatic N) is 2. The van der Waals surface area contributed by atoms with E-state index in [9.17, 15) is 4.79 Å². The van der Waals surface area contributed by atoms with Crippen molar-refractivity contribution in [2.75, 3.05) is 5.32 Å². The second-order valence-corrected chi connectivity index (χ2v) is 5.27. The smallest absolute Gasteiger partial charge is 0.228 e. The van der Waals surface area contributed by atoms with Crippen molar-refractivity contribution < 1.29 is 9.32 Å². The minimum absolute atomic E-state index is 0.0982. The Morgan fingerprint density at radius 2 is 2.24 bits per heavy atom. The molecular weight excluding hydrogens is 268 g/mol. The first-order valence-electron chi connectivity index (χ1n) is 6.80. The normalized spacial score (nSPS) is 11.2. The average Bonchev–Trinajstić information content (AvgIpc) is 3.06. The van der Waals surface area contributed by atoms with Crippen LogP contribution in [-0.4, -0.2) is 21.3 Å². The van der Waals surface area contributed by atoms with Crippen molar-refractivity contribution in [2.45, 2.75) is 26.2 Å². The lowest BCUT2D eigenvalue weighted by molar-refractivity contribution is -0.115. The van der Waals surface area contributed by atoms with Gasteiger partial charge in [0.1, 0.15) is 5.69 Å². The van der Waals surface area contributed by atoms with Gasteiger partial charge >= 0.3 is 0 Å². The van der Waals surface area contributed by atoms with Gasteiger partial charge in [-0.3, -0.25) is 9.89 Å². The van der Waals surface area contributed by atoms with Crippen molar-refractivity contribution in [3.8, 4) is 0 Å². The molecule has 2 N–H and O–H groups in total. The zero-order chi connectivity index (χ0) is 14.8. The Bertz CT molecular complexity index is 773. The minimum atomic E-state index is -0.0982. The molecule has 0 radical (unpaired) electrons. The summed E-state index contributed by atoms with van der Waals surface area (Å²) in [5.41, 5.74) is 2.48. The molecule has 21 heavy (non-hydrogen) atoms. The SMILES string of the molecule is CC(C)c1oncc1NC(=O)Cc1ccc2cn[nH]c2c1. The van der Waals surface area contributed by atoms with E-state index < -0.39 is 0 Å². The molecule has 0 aliphatic carbocycles. The van der Waals surface area contributed by atoms with Gasteiger partial charge < -0.3 is 9.84 Å². The second kappa shape index (κ2) is 5.40. The molecule has 3 aromatic rings. The number of carbonyl (C=O) groups excluding carboxylic acids is 1. The van der Waals surface area contributed by atoms with Gasteiger partial charge in [0.15, 0.2) is 5.76 Å². The Hall–Kier alpha value is -2.63. The van der Waals surface area contributed by atoms with Gasteiger partial charge in [0, 0.05) is 11.3 Å². The van der Waals surface area contributed by atoms with Crippen LogP contribution in [0.2, 0.25) is 0 Å². The fourth-order valence-electron chi connectivity index (χ4n) is 2.23. The van der Waals surface area contributed by atoms with E-state index in [4.69, 9.17) is 4.52 Å². The number of anilines is 1. The first kappa shape index (κ1) is 13.4. The number of aromatic nitrogens is 3. The number of hydrogen-bond acceptors (Lipinski definition) is 4. The summed E-state index contributed by atoms with van der Waals surface area (Å²) in [5, 5.41) is 14.5. The summed E-state index contributed by atoms with van der Waals surface area (Å²) in [6.07, 6.45) is 3.58. The highest BCUT2D eigenvalue weighted by Gasteiger charge is 2.14. The topological polar surface area (TPSA) is 83.8 Å². The van der Waals surface area contributed by atoms with E-state index in [1.54, 1.807) is 6.20 Å². The quantitative estimate of drug-likeness (QED) is 0.771. The molecule has 0 spiro atoms. The average molecular weight is 284 g/mol. The highest BCUT2D eigenvalue weighted by Crippen LogP contribution is 2.23. The van der Waals surface area contributed by atoms with Crippen LogP contribution in [0.4, 0.5) is 5.69 Å². The highest BCUT2D eigenvalue weighted by atomic mass is 16.5. The van der Waals surface area contributed by atoms with Crippen LogP contribution < -0.4 is 5.32 Å². The van der Waals surface area contributed by atoms with Gasteiger partial charge in [-0.15, -0.1) is 0 Å². The number of nitrogens with one attached hydrogen (secondary N) is 2. The number of H-pyrrole nitrogens is 1. The molecule has 0 saturated carbocycles. The maximum absolute atomic E-state index is 12.1. The van der Waals surface area contributed by atoms with E-state index in [1.165, 1.54) is 6.20 Å². The zero-order valence-corrected chi connectivity index (χ0v) is 11.9. The largest absolute Gasteiger partial charge is 0.359 e. The second-order valence-electron chi connectivity index (χ2n) is 5.27. The number of fused-ring (bicyclic) bond motifs is 1. The molecular formula is C15H16N4O2. The van der Waals surface area contributed by atoms with Gasteiger partial charge in [-0.2, -0.15) is 5.10 Å². The van der Waals surface area contributed by atoms with Crippen LogP contribution in [0.15, 0.2) is 35.1 Å². The maximum atomic E-state index is 12.1. The zero-order valence-electron chi connectivity index (χ0n) is 11.9. The molecule has 108 valence electrons. The van der Waals surface area contributed by atoms with E-state index in [0.29, 0.717) is 11.4 Å². The fourth-order valence-corrected chi connectivity index (χ4v) is 2.23. The molecule has 0 aliphatic heterocycles. The Balaban J connectivity index is 1.72. The molecule has 3 rings (SSSR count). The molecule has 2 aromatic heterocycles. The standard InChI is InChI=1S/C15H16N4O2/c1-9(2)15-13(8-17-21-15)18-14(20)6-10-3-4-11-7-16-19-12(11)5-10/h3-5,7-9H,6H2,1-2H3,(H,16,19)(H,18,20). The van der Waals surface area contributed by atoms with Crippen LogP contribution in [0.5, 0.6) is 0 Å². The van der Waals surface area contributed by atoms with E-state index in [1.807, 2.05) is 32.0 Å². The molecule has 2 heterocycles. The summed E-state index contributed by atoms with van der Waals surface area (Å²) in [5.74, 6) is 0.760. The Morgan fingerprint density at radius 1 is 1.38 bits per heavy atom. The molecule has 1 aromatic carbocycles. The lowest BCUT2D eigenvalue weighted by Gasteiger charge is -2.06. The van der Waals surface area contributed by atoms with Gasteiger partial charge in [-0.25, -0.2) is 0 Å². The van der Waals surface area contributed by atoms with Crippen LogP contribution >= 0.6 is 0 Å². The third kappa shape index (κ3) is 2.79. The molecule has 0 atom stereocenters. The lowest BCUT2D eigenvalue weighted by atomic mass is 10.1. The van der Waals surface area contributed by atoms with Crippen LogP contribution in [0.1, 0.15) is 31.1 Å². The van der Waals surface area contributed by atoms with E-state index >= 15 is 0 Å². The molecule has 0 saturated heterocycles. The first-order chi connectivity index (χ1) is 10.1. The van der Waals surface area contributed by atoms with Crippen molar-refractivity contribution in [3.63, 3.8) is 0 Å². The molecule has 1 amide bonds. The number of rotatable bonds is 4. The summed E-state index contributed by atoms with van der Waals surface area (Å²) in [7, 11) is 0. The Morgan fingerprint density at radius 3 is 3.05 bits per heavy atom. The molecule has 0 aliphatic rings.